The number of aromatic nitrogens is 1. The lowest BCUT2D eigenvalue weighted by Gasteiger charge is -2.10. The van der Waals surface area contributed by atoms with E-state index in [1.165, 1.54) is 0 Å². The van der Waals surface area contributed by atoms with Crippen molar-refractivity contribution in [2.24, 2.45) is 0 Å². The fraction of sp³-hybridized carbons (Fsp3) is 0.286. The van der Waals surface area contributed by atoms with E-state index in [1.54, 1.807) is 20.3 Å². The molecule has 0 spiro atoms. The van der Waals surface area contributed by atoms with Gasteiger partial charge < -0.3 is 14.6 Å². The molecule has 0 aliphatic rings. The van der Waals surface area contributed by atoms with Gasteiger partial charge in [0.2, 0.25) is 0 Å². The van der Waals surface area contributed by atoms with Gasteiger partial charge in [-0.1, -0.05) is 11.6 Å². The first-order valence-electron chi connectivity index (χ1n) is 5.98. The molecule has 0 amide bonds. The molecular formula is C14H14ClNO4. The summed E-state index contributed by atoms with van der Waals surface area (Å²) in [4.78, 5) is 14.9. The fourth-order valence-corrected chi connectivity index (χ4v) is 2.17. The summed E-state index contributed by atoms with van der Waals surface area (Å²) < 4.78 is 10.5. The molecular weight excluding hydrogens is 282 g/mol. The zero-order valence-electron chi connectivity index (χ0n) is 11.1. The summed E-state index contributed by atoms with van der Waals surface area (Å²) in [6, 6.07) is 5.35. The van der Waals surface area contributed by atoms with Gasteiger partial charge in [-0.3, -0.25) is 4.79 Å². The highest BCUT2D eigenvalue weighted by Gasteiger charge is 2.12. The Labute approximate surface area is 121 Å². The fourth-order valence-electron chi connectivity index (χ4n) is 1.94. The Morgan fingerprint density at radius 3 is 2.65 bits per heavy atom. The lowest BCUT2D eigenvalue weighted by Crippen LogP contribution is -2.00. The Morgan fingerprint density at radius 1 is 1.30 bits per heavy atom. The van der Waals surface area contributed by atoms with Crippen molar-refractivity contribution in [1.29, 1.82) is 0 Å². The SMILES string of the molecule is COc1cc(OC)c2nc(Cl)c(CCC(=O)O)cc2c1. The molecule has 20 heavy (non-hydrogen) atoms. The normalized spacial score (nSPS) is 10.6. The molecule has 6 heteroatoms. The summed E-state index contributed by atoms with van der Waals surface area (Å²) in [5, 5.41) is 9.83. The van der Waals surface area contributed by atoms with E-state index in [1.807, 2.05) is 12.1 Å². The van der Waals surface area contributed by atoms with Crippen LogP contribution in [0.4, 0.5) is 0 Å². The number of halogens is 1. The topological polar surface area (TPSA) is 68.7 Å². The minimum Gasteiger partial charge on any atom is -0.497 e. The van der Waals surface area contributed by atoms with Gasteiger partial charge in [0.1, 0.15) is 22.2 Å². The van der Waals surface area contributed by atoms with Crippen LogP contribution in [0.15, 0.2) is 18.2 Å². The number of hydrogen-bond acceptors (Lipinski definition) is 4. The van der Waals surface area contributed by atoms with Crippen molar-refractivity contribution in [1.82, 2.24) is 4.98 Å². The number of rotatable bonds is 5. The van der Waals surface area contributed by atoms with Crippen LogP contribution in [-0.4, -0.2) is 30.3 Å². The van der Waals surface area contributed by atoms with Gasteiger partial charge in [0.15, 0.2) is 0 Å². The van der Waals surface area contributed by atoms with E-state index in [-0.39, 0.29) is 6.42 Å². The second-order valence-corrected chi connectivity index (χ2v) is 4.59. The van der Waals surface area contributed by atoms with Crippen LogP contribution in [0.1, 0.15) is 12.0 Å². The third-order valence-corrected chi connectivity index (χ3v) is 3.27. The van der Waals surface area contributed by atoms with Gasteiger partial charge in [0, 0.05) is 17.9 Å². The Morgan fingerprint density at radius 2 is 2.05 bits per heavy atom. The zero-order valence-corrected chi connectivity index (χ0v) is 11.9. The molecule has 0 fully saturated rings. The van der Waals surface area contributed by atoms with E-state index in [2.05, 4.69) is 4.98 Å². The molecule has 5 nitrogen and oxygen atoms in total. The van der Waals surface area contributed by atoms with E-state index in [9.17, 15) is 4.79 Å². The minimum absolute atomic E-state index is 0.00795. The zero-order chi connectivity index (χ0) is 14.7. The molecule has 1 aromatic carbocycles. The summed E-state index contributed by atoms with van der Waals surface area (Å²) >= 11 is 6.10. The van der Waals surface area contributed by atoms with Crippen molar-refractivity contribution in [3.05, 3.63) is 28.9 Å². The highest BCUT2D eigenvalue weighted by atomic mass is 35.5. The second kappa shape index (κ2) is 5.96. The molecule has 0 aliphatic carbocycles. The van der Waals surface area contributed by atoms with Crippen molar-refractivity contribution in [2.75, 3.05) is 14.2 Å². The van der Waals surface area contributed by atoms with Crippen molar-refractivity contribution in [3.8, 4) is 11.5 Å². The molecule has 0 bridgehead atoms. The number of methoxy groups -OCH3 is 2. The molecule has 0 saturated carbocycles. The summed E-state index contributed by atoms with van der Waals surface area (Å²) in [5.41, 5.74) is 1.31. The summed E-state index contributed by atoms with van der Waals surface area (Å²) in [6.07, 6.45) is 0.338. The Kier molecular flexibility index (Phi) is 4.29. The highest BCUT2D eigenvalue weighted by Crippen LogP contribution is 2.32. The summed E-state index contributed by atoms with van der Waals surface area (Å²) in [7, 11) is 3.11. The van der Waals surface area contributed by atoms with Crippen LogP contribution in [0.5, 0.6) is 11.5 Å². The van der Waals surface area contributed by atoms with Gasteiger partial charge in [-0.2, -0.15) is 0 Å². The van der Waals surface area contributed by atoms with Crippen LogP contribution in [0.25, 0.3) is 10.9 Å². The van der Waals surface area contributed by atoms with E-state index in [4.69, 9.17) is 26.2 Å². The predicted molar refractivity (Wildman–Crippen MR) is 75.8 cm³/mol. The number of ether oxygens (including phenoxy) is 2. The number of aliphatic carboxylic acids is 1. The maximum Gasteiger partial charge on any atom is 0.303 e. The predicted octanol–water partition coefficient (Wildman–Crippen LogP) is 2.92. The van der Waals surface area contributed by atoms with Gasteiger partial charge in [-0.15, -0.1) is 0 Å². The van der Waals surface area contributed by atoms with Gasteiger partial charge >= 0.3 is 5.97 Å². The number of hydrogen-bond donors (Lipinski definition) is 1. The quantitative estimate of drug-likeness (QED) is 0.859. The number of carboxylic acid groups (broad SMARTS) is 1. The maximum atomic E-state index is 10.6. The van der Waals surface area contributed by atoms with Gasteiger partial charge in [-0.05, 0) is 24.1 Å². The van der Waals surface area contributed by atoms with E-state index >= 15 is 0 Å². The molecule has 2 rings (SSSR count). The molecule has 0 aliphatic heterocycles. The van der Waals surface area contributed by atoms with Gasteiger partial charge in [-0.25, -0.2) is 4.98 Å². The molecule has 1 aromatic heterocycles. The van der Waals surface area contributed by atoms with Crippen molar-refractivity contribution in [3.63, 3.8) is 0 Å². The maximum absolute atomic E-state index is 10.6. The first-order valence-corrected chi connectivity index (χ1v) is 6.36. The van der Waals surface area contributed by atoms with Gasteiger partial charge in [0.05, 0.1) is 14.2 Å². The average Bonchev–Trinajstić information content (AvgIpc) is 2.43. The Hall–Kier alpha value is -2.01. The number of fused-ring (bicyclic) bond motifs is 1. The number of nitrogens with zero attached hydrogens (tertiary/aromatic N) is 1. The van der Waals surface area contributed by atoms with E-state index in [0.29, 0.717) is 34.2 Å². The Bertz CT molecular complexity index is 657. The third-order valence-electron chi connectivity index (χ3n) is 2.95. The molecule has 0 atom stereocenters. The number of pyridine rings is 1. The molecule has 1 N–H and O–H groups in total. The van der Waals surface area contributed by atoms with Crippen molar-refractivity contribution < 1.29 is 19.4 Å². The van der Waals surface area contributed by atoms with E-state index in [0.717, 1.165) is 5.39 Å². The largest absolute Gasteiger partial charge is 0.497 e. The average molecular weight is 296 g/mol. The standard InChI is InChI=1S/C14H14ClNO4/c1-19-10-6-9-5-8(3-4-12(17)18)14(15)16-13(9)11(7-10)20-2/h5-7H,3-4H2,1-2H3,(H,17,18). The van der Waals surface area contributed by atoms with Crippen LogP contribution >= 0.6 is 11.6 Å². The van der Waals surface area contributed by atoms with Crippen LogP contribution in [-0.2, 0) is 11.2 Å². The molecule has 0 unspecified atom stereocenters. The molecule has 2 aromatic rings. The summed E-state index contributed by atoms with van der Waals surface area (Å²) in [5.74, 6) is 0.332. The number of carbonyl (C=O) groups is 1. The smallest absolute Gasteiger partial charge is 0.303 e. The number of benzene rings is 1. The molecule has 0 radical (unpaired) electrons. The third kappa shape index (κ3) is 2.93. The minimum atomic E-state index is -0.871. The second-order valence-electron chi connectivity index (χ2n) is 4.23. The molecule has 106 valence electrons. The molecule has 0 saturated heterocycles. The number of carboxylic acids is 1. The first-order chi connectivity index (χ1) is 9.55. The van der Waals surface area contributed by atoms with Crippen LogP contribution in [0.2, 0.25) is 5.15 Å². The molecule has 1 heterocycles. The van der Waals surface area contributed by atoms with Crippen LogP contribution in [0.3, 0.4) is 0 Å². The van der Waals surface area contributed by atoms with Crippen LogP contribution in [0, 0.1) is 0 Å². The van der Waals surface area contributed by atoms with Crippen LogP contribution < -0.4 is 9.47 Å². The van der Waals surface area contributed by atoms with Crippen molar-refractivity contribution in [2.45, 2.75) is 12.8 Å². The lowest BCUT2D eigenvalue weighted by atomic mass is 10.1. The lowest BCUT2D eigenvalue weighted by molar-refractivity contribution is -0.136. The first kappa shape index (κ1) is 14.4. The monoisotopic (exact) mass is 295 g/mol. The Balaban J connectivity index is 2.53. The van der Waals surface area contributed by atoms with E-state index < -0.39 is 5.97 Å². The highest BCUT2D eigenvalue weighted by molar-refractivity contribution is 6.30. The summed E-state index contributed by atoms with van der Waals surface area (Å²) in [6.45, 7) is 0. The van der Waals surface area contributed by atoms with Gasteiger partial charge in [0.25, 0.3) is 0 Å². The van der Waals surface area contributed by atoms with Crippen molar-refractivity contribution >= 4 is 28.5 Å². The number of aryl methyl sites for hydroxylation is 1.